The van der Waals surface area contributed by atoms with Gasteiger partial charge in [-0.3, -0.25) is 9.59 Å². The second-order valence-corrected chi connectivity index (χ2v) is 4.96. The zero-order chi connectivity index (χ0) is 14.5. The molecule has 0 heterocycles. The van der Waals surface area contributed by atoms with Crippen molar-refractivity contribution >= 4 is 40.6 Å². The summed E-state index contributed by atoms with van der Waals surface area (Å²) in [5.41, 5.74) is 0.935. The molecule has 1 N–H and O–H groups in total. The summed E-state index contributed by atoms with van der Waals surface area (Å²) in [5.74, 6) is -0.999. The molecule has 2 aromatic rings. The van der Waals surface area contributed by atoms with Crippen molar-refractivity contribution in [3.8, 4) is 0 Å². The van der Waals surface area contributed by atoms with E-state index in [0.29, 0.717) is 16.3 Å². The predicted molar refractivity (Wildman–Crippen MR) is 80.5 cm³/mol. The SMILES string of the molecule is O=C(Nc1ccc(Cl)cc1)[C@H](Cl)C(=O)c1ccccc1. The number of hydrogen-bond acceptors (Lipinski definition) is 2. The normalized spacial score (nSPS) is 11.7. The zero-order valence-corrected chi connectivity index (χ0v) is 11.9. The first-order valence-corrected chi connectivity index (χ1v) is 6.69. The molecular formula is C15H11Cl2NO2. The minimum absolute atomic E-state index is 0.402. The van der Waals surface area contributed by atoms with E-state index >= 15 is 0 Å². The number of amides is 1. The third kappa shape index (κ3) is 3.59. The molecule has 0 bridgehead atoms. The average Bonchev–Trinajstić information content (AvgIpc) is 2.49. The molecule has 2 rings (SSSR count). The van der Waals surface area contributed by atoms with Crippen LogP contribution < -0.4 is 5.32 Å². The first-order chi connectivity index (χ1) is 9.58. The van der Waals surface area contributed by atoms with Gasteiger partial charge in [0.15, 0.2) is 11.2 Å². The smallest absolute Gasteiger partial charge is 0.250 e. The van der Waals surface area contributed by atoms with Crippen molar-refractivity contribution in [2.45, 2.75) is 5.38 Å². The highest BCUT2D eigenvalue weighted by Crippen LogP contribution is 2.15. The number of anilines is 1. The van der Waals surface area contributed by atoms with E-state index < -0.39 is 17.1 Å². The van der Waals surface area contributed by atoms with Crippen molar-refractivity contribution in [3.05, 3.63) is 65.2 Å². The number of carbonyl (C=O) groups excluding carboxylic acids is 2. The summed E-state index contributed by atoms with van der Waals surface area (Å²) in [6.45, 7) is 0. The summed E-state index contributed by atoms with van der Waals surface area (Å²) in [5, 5.41) is 1.86. The van der Waals surface area contributed by atoms with Crippen LogP contribution in [0.4, 0.5) is 5.69 Å². The van der Waals surface area contributed by atoms with Crippen LogP contribution in [0.25, 0.3) is 0 Å². The van der Waals surface area contributed by atoms with E-state index in [1.165, 1.54) is 0 Å². The summed E-state index contributed by atoms with van der Waals surface area (Å²) in [7, 11) is 0. The fraction of sp³-hybridized carbons (Fsp3) is 0.0667. The van der Waals surface area contributed by atoms with Crippen LogP contribution in [0.1, 0.15) is 10.4 Å². The van der Waals surface area contributed by atoms with Crippen LogP contribution in [0.5, 0.6) is 0 Å². The third-order valence-electron chi connectivity index (χ3n) is 2.63. The maximum absolute atomic E-state index is 12.0. The second-order valence-electron chi connectivity index (χ2n) is 4.09. The fourth-order valence-corrected chi connectivity index (χ4v) is 1.91. The van der Waals surface area contributed by atoms with Crippen molar-refractivity contribution in [1.82, 2.24) is 0 Å². The molecule has 0 saturated heterocycles. The highest BCUT2D eigenvalue weighted by molar-refractivity contribution is 6.45. The number of ketones is 1. The monoisotopic (exact) mass is 307 g/mol. The molecule has 0 unspecified atom stereocenters. The number of benzene rings is 2. The Morgan fingerprint density at radius 3 is 2.15 bits per heavy atom. The maximum atomic E-state index is 12.0. The number of halogens is 2. The predicted octanol–water partition coefficient (Wildman–Crippen LogP) is 3.77. The van der Waals surface area contributed by atoms with Crippen LogP contribution in [0.15, 0.2) is 54.6 Å². The molecular weight excluding hydrogens is 297 g/mol. The molecule has 0 spiro atoms. The molecule has 0 aliphatic heterocycles. The minimum Gasteiger partial charge on any atom is -0.324 e. The van der Waals surface area contributed by atoms with Gasteiger partial charge >= 0.3 is 0 Å². The number of rotatable bonds is 4. The third-order valence-corrected chi connectivity index (χ3v) is 3.28. The molecule has 2 aromatic carbocycles. The minimum atomic E-state index is -1.27. The quantitative estimate of drug-likeness (QED) is 0.531. The van der Waals surface area contributed by atoms with Crippen molar-refractivity contribution in [2.24, 2.45) is 0 Å². The summed E-state index contributed by atoms with van der Waals surface area (Å²) in [4.78, 5) is 23.9. The van der Waals surface area contributed by atoms with E-state index in [-0.39, 0.29) is 0 Å². The zero-order valence-electron chi connectivity index (χ0n) is 10.3. The number of hydrogen-bond donors (Lipinski definition) is 1. The topological polar surface area (TPSA) is 46.2 Å². The Kier molecular flexibility index (Phi) is 4.77. The van der Waals surface area contributed by atoms with E-state index in [9.17, 15) is 9.59 Å². The summed E-state index contributed by atoms with van der Waals surface area (Å²) >= 11 is 11.7. The van der Waals surface area contributed by atoms with E-state index in [2.05, 4.69) is 5.32 Å². The Bertz CT molecular complexity index is 612. The lowest BCUT2D eigenvalue weighted by Crippen LogP contribution is -2.30. The Morgan fingerprint density at radius 1 is 0.950 bits per heavy atom. The largest absolute Gasteiger partial charge is 0.324 e. The first-order valence-electron chi connectivity index (χ1n) is 5.87. The Hall–Kier alpha value is -1.84. The molecule has 102 valence electrons. The van der Waals surface area contributed by atoms with Gasteiger partial charge < -0.3 is 5.32 Å². The van der Waals surface area contributed by atoms with E-state index in [4.69, 9.17) is 23.2 Å². The molecule has 1 atom stereocenters. The van der Waals surface area contributed by atoms with E-state index in [1.807, 2.05) is 0 Å². The lowest BCUT2D eigenvalue weighted by molar-refractivity contribution is -0.115. The Labute approximate surface area is 126 Å². The summed E-state index contributed by atoms with van der Waals surface area (Å²) in [6.07, 6.45) is 0. The van der Waals surface area contributed by atoms with Crippen LogP contribution in [0, 0.1) is 0 Å². The van der Waals surface area contributed by atoms with Gasteiger partial charge in [0.25, 0.3) is 0 Å². The lowest BCUT2D eigenvalue weighted by Gasteiger charge is -2.10. The van der Waals surface area contributed by atoms with Crippen molar-refractivity contribution in [3.63, 3.8) is 0 Å². The van der Waals surface area contributed by atoms with Crippen LogP contribution in [-0.2, 0) is 4.79 Å². The molecule has 0 aliphatic rings. The highest BCUT2D eigenvalue weighted by atomic mass is 35.5. The molecule has 0 radical (unpaired) electrons. The highest BCUT2D eigenvalue weighted by Gasteiger charge is 2.25. The van der Waals surface area contributed by atoms with Gasteiger partial charge in [-0.25, -0.2) is 0 Å². The Balaban J connectivity index is 2.05. The van der Waals surface area contributed by atoms with Crippen molar-refractivity contribution in [2.75, 3.05) is 5.32 Å². The van der Waals surface area contributed by atoms with Gasteiger partial charge in [0.2, 0.25) is 5.91 Å². The van der Waals surface area contributed by atoms with Crippen molar-refractivity contribution in [1.29, 1.82) is 0 Å². The average molecular weight is 308 g/mol. The number of nitrogens with one attached hydrogen (secondary N) is 1. The van der Waals surface area contributed by atoms with Gasteiger partial charge in [-0.05, 0) is 24.3 Å². The molecule has 0 saturated carbocycles. The van der Waals surface area contributed by atoms with E-state index in [0.717, 1.165) is 0 Å². The van der Waals surface area contributed by atoms with Gasteiger partial charge in [-0.2, -0.15) is 0 Å². The number of carbonyl (C=O) groups is 2. The standard InChI is InChI=1S/C15H11Cl2NO2/c16-11-6-8-12(9-7-11)18-15(20)13(17)14(19)10-4-2-1-3-5-10/h1-9,13H,(H,18,20)/t13-/m1/s1. The van der Waals surface area contributed by atoms with Gasteiger partial charge in [0.05, 0.1) is 0 Å². The summed E-state index contributed by atoms with van der Waals surface area (Å²) < 4.78 is 0. The van der Waals surface area contributed by atoms with Crippen LogP contribution in [0.2, 0.25) is 5.02 Å². The molecule has 0 aliphatic carbocycles. The van der Waals surface area contributed by atoms with Crippen LogP contribution in [0.3, 0.4) is 0 Å². The lowest BCUT2D eigenvalue weighted by atomic mass is 10.1. The van der Waals surface area contributed by atoms with Gasteiger partial charge in [0.1, 0.15) is 0 Å². The molecule has 1 amide bonds. The van der Waals surface area contributed by atoms with Gasteiger partial charge in [0, 0.05) is 16.3 Å². The van der Waals surface area contributed by atoms with Crippen LogP contribution >= 0.6 is 23.2 Å². The molecule has 20 heavy (non-hydrogen) atoms. The fourth-order valence-electron chi connectivity index (χ4n) is 1.61. The second kappa shape index (κ2) is 6.55. The summed E-state index contributed by atoms with van der Waals surface area (Å²) in [6, 6.07) is 15.0. The molecule has 3 nitrogen and oxygen atoms in total. The maximum Gasteiger partial charge on any atom is 0.250 e. The first kappa shape index (κ1) is 14.6. The van der Waals surface area contributed by atoms with Crippen molar-refractivity contribution < 1.29 is 9.59 Å². The molecule has 5 heteroatoms. The number of alkyl halides is 1. The number of Topliss-reactive ketones (excluding diaryl/α,β-unsaturated/α-hetero) is 1. The van der Waals surface area contributed by atoms with Gasteiger partial charge in [-0.15, -0.1) is 11.6 Å². The van der Waals surface area contributed by atoms with Gasteiger partial charge in [-0.1, -0.05) is 41.9 Å². The molecule has 0 aromatic heterocycles. The Morgan fingerprint density at radius 2 is 1.55 bits per heavy atom. The molecule has 0 fully saturated rings. The van der Waals surface area contributed by atoms with Crippen LogP contribution in [-0.4, -0.2) is 17.1 Å². The van der Waals surface area contributed by atoms with E-state index in [1.54, 1.807) is 54.6 Å².